The molecule has 3 amide bonds. The Hall–Kier alpha value is -1.55. The van der Waals surface area contributed by atoms with Gasteiger partial charge in [0.1, 0.15) is 0 Å². The molecule has 7 nitrogen and oxygen atoms in total. The predicted molar refractivity (Wildman–Crippen MR) is 87.9 cm³/mol. The van der Waals surface area contributed by atoms with Crippen molar-refractivity contribution >= 4 is 30.3 Å². The van der Waals surface area contributed by atoms with Crippen LogP contribution in [0.2, 0.25) is 0 Å². The van der Waals surface area contributed by atoms with Crippen molar-refractivity contribution in [2.45, 2.75) is 44.3 Å². The molecule has 11 heteroatoms. The fourth-order valence-corrected chi connectivity index (χ4v) is 3.43. The van der Waals surface area contributed by atoms with Crippen LogP contribution in [0.25, 0.3) is 0 Å². The molecule has 1 aliphatic heterocycles. The van der Waals surface area contributed by atoms with Crippen LogP contribution in [0, 0.1) is 11.8 Å². The van der Waals surface area contributed by atoms with E-state index in [2.05, 4.69) is 10.6 Å². The zero-order chi connectivity index (χ0) is 18.6. The second-order valence-electron chi connectivity index (χ2n) is 6.64. The summed E-state index contributed by atoms with van der Waals surface area (Å²) in [5, 5.41) is 13.7. The van der Waals surface area contributed by atoms with Crippen LogP contribution in [-0.2, 0) is 9.59 Å². The van der Waals surface area contributed by atoms with E-state index in [9.17, 15) is 27.6 Å². The van der Waals surface area contributed by atoms with Crippen molar-refractivity contribution in [1.82, 2.24) is 15.5 Å². The molecule has 2 rings (SSSR count). The van der Waals surface area contributed by atoms with Crippen LogP contribution < -0.4 is 10.6 Å². The quantitative estimate of drug-likeness (QED) is 0.666. The Labute approximate surface area is 155 Å². The van der Waals surface area contributed by atoms with Gasteiger partial charge < -0.3 is 10.4 Å². The molecule has 1 aliphatic carbocycles. The Morgan fingerprint density at radius 3 is 2.19 bits per heavy atom. The lowest BCUT2D eigenvalue weighted by Gasteiger charge is -2.23. The molecule has 26 heavy (non-hydrogen) atoms. The topological polar surface area (TPSA) is 98.7 Å². The Balaban J connectivity index is 0.00000338. The van der Waals surface area contributed by atoms with E-state index in [0.29, 0.717) is 0 Å². The summed E-state index contributed by atoms with van der Waals surface area (Å²) in [6.07, 6.45) is 0.137. The van der Waals surface area contributed by atoms with Gasteiger partial charge in [-0.1, -0.05) is 19.3 Å². The van der Waals surface area contributed by atoms with Gasteiger partial charge in [-0.25, -0.2) is 4.79 Å². The van der Waals surface area contributed by atoms with E-state index in [1.165, 1.54) is 0 Å². The summed E-state index contributed by atoms with van der Waals surface area (Å²) < 4.78 is 38.7. The molecule has 2 aliphatic rings. The maximum Gasteiger partial charge on any atom is 0.393 e. The second-order valence-corrected chi connectivity index (χ2v) is 6.64. The van der Waals surface area contributed by atoms with Gasteiger partial charge in [0.25, 0.3) is 0 Å². The summed E-state index contributed by atoms with van der Waals surface area (Å²) in [6, 6.07) is -0.669. The van der Waals surface area contributed by atoms with Crippen LogP contribution in [0.15, 0.2) is 0 Å². The first kappa shape index (κ1) is 22.5. The van der Waals surface area contributed by atoms with Crippen molar-refractivity contribution in [3.05, 3.63) is 0 Å². The fraction of sp³-hybridized carbons (Fsp3) is 0.800. The average molecular weight is 402 g/mol. The molecule has 3 N–H and O–H groups in total. The lowest BCUT2D eigenvalue weighted by molar-refractivity contribution is -0.188. The molecular weight excluding hydrogens is 379 g/mol. The lowest BCUT2D eigenvalue weighted by Crippen LogP contribution is -2.47. The van der Waals surface area contributed by atoms with Crippen LogP contribution >= 0.6 is 12.4 Å². The van der Waals surface area contributed by atoms with Gasteiger partial charge in [-0.05, 0) is 12.8 Å². The predicted octanol–water partition coefficient (Wildman–Crippen LogP) is 1.76. The molecule has 150 valence electrons. The number of carboxylic acids is 1. The molecule has 1 saturated carbocycles. The number of hydrogen-bond donors (Lipinski definition) is 3. The van der Waals surface area contributed by atoms with E-state index in [1.807, 2.05) is 0 Å². The number of alkyl halides is 3. The monoisotopic (exact) mass is 401 g/mol. The molecule has 0 aromatic rings. The fourth-order valence-electron chi connectivity index (χ4n) is 3.43. The summed E-state index contributed by atoms with van der Waals surface area (Å²) in [5.41, 5.74) is 0. The van der Waals surface area contributed by atoms with Crippen molar-refractivity contribution in [2.75, 3.05) is 19.6 Å². The van der Waals surface area contributed by atoms with Gasteiger partial charge in [-0.2, -0.15) is 13.2 Å². The van der Waals surface area contributed by atoms with E-state index >= 15 is 0 Å². The third-order valence-corrected chi connectivity index (χ3v) is 4.69. The summed E-state index contributed by atoms with van der Waals surface area (Å²) in [7, 11) is 0. The van der Waals surface area contributed by atoms with Crippen molar-refractivity contribution < 1.29 is 32.7 Å². The SMILES string of the molecule is Cl.O=C(CN1C[C@@H](C(F)(F)F)[C@H](C(=O)O)C1)NC(=O)NC1CCCCC1. The smallest absolute Gasteiger partial charge is 0.393 e. The van der Waals surface area contributed by atoms with Crippen LogP contribution in [0.1, 0.15) is 32.1 Å². The number of carbonyl (C=O) groups is 3. The summed E-state index contributed by atoms with van der Waals surface area (Å²) in [6.45, 7) is -1.40. The number of carboxylic acid groups (broad SMARTS) is 1. The zero-order valence-electron chi connectivity index (χ0n) is 14.1. The zero-order valence-corrected chi connectivity index (χ0v) is 14.9. The van der Waals surface area contributed by atoms with Crippen LogP contribution in [-0.4, -0.2) is 59.8 Å². The van der Waals surface area contributed by atoms with Gasteiger partial charge in [0.15, 0.2) is 0 Å². The molecule has 1 heterocycles. The minimum Gasteiger partial charge on any atom is -0.481 e. The Bertz CT molecular complexity index is 527. The Kier molecular flexibility index (Phi) is 8.14. The minimum atomic E-state index is -4.65. The highest BCUT2D eigenvalue weighted by molar-refractivity contribution is 5.95. The molecule has 2 fully saturated rings. The first-order valence-electron chi connectivity index (χ1n) is 8.29. The van der Waals surface area contributed by atoms with Crippen molar-refractivity contribution in [2.24, 2.45) is 11.8 Å². The highest BCUT2D eigenvalue weighted by Gasteiger charge is 2.52. The molecule has 0 unspecified atom stereocenters. The molecular formula is C15H23ClF3N3O4. The highest BCUT2D eigenvalue weighted by atomic mass is 35.5. The minimum absolute atomic E-state index is 0. The molecule has 0 bridgehead atoms. The number of aliphatic carboxylic acids is 1. The third kappa shape index (κ3) is 6.31. The first-order chi connectivity index (χ1) is 11.7. The lowest BCUT2D eigenvalue weighted by atomic mass is 9.96. The molecule has 0 aromatic carbocycles. The number of amides is 3. The second kappa shape index (κ2) is 9.40. The molecule has 0 radical (unpaired) electrons. The van der Waals surface area contributed by atoms with Crippen LogP contribution in [0.5, 0.6) is 0 Å². The van der Waals surface area contributed by atoms with E-state index in [0.717, 1.165) is 37.0 Å². The van der Waals surface area contributed by atoms with Crippen molar-refractivity contribution in [1.29, 1.82) is 0 Å². The van der Waals surface area contributed by atoms with E-state index in [4.69, 9.17) is 5.11 Å². The molecule has 0 aromatic heterocycles. The number of nitrogens with zero attached hydrogens (tertiary/aromatic N) is 1. The summed E-state index contributed by atoms with van der Waals surface area (Å²) >= 11 is 0. The number of urea groups is 1. The van der Waals surface area contributed by atoms with Gasteiger partial charge >= 0.3 is 18.2 Å². The Morgan fingerprint density at radius 2 is 1.69 bits per heavy atom. The maximum atomic E-state index is 12.9. The third-order valence-electron chi connectivity index (χ3n) is 4.69. The van der Waals surface area contributed by atoms with Crippen molar-refractivity contribution in [3.8, 4) is 0 Å². The van der Waals surface area contributed by atoms with Gasteiger partial charge in [-0.3, -0.25) is 19.8 Å². The number of hydrogen-bond acceptors (Lipinski definition) is 4. The highest BCUT2D eigenvalue weighted by Crippen LogP contribution is 2.37. The Morgan fingerprint density at radius 1 is 1.08 bits per heavy atom. The maximum absolute atomic E-state index is 12.9. The standard InChI is InChI=1S/C15H22F3N3O4.ClH/c16-15(17,18)11-7-21(6-10(11)13(23)24)8-12(22)20-14(25)19-9-4-2-1-3-5-9;/h9-11H,1-8H2,(H,23,24)(H2,19,20,22,25);1H/t10-,11-;/m1./s1. The number of rotatable bonds is 4. The average Bonchev–Trinajstić information content (AvgIpc) is 2.92. The van der Waals surface area contributed by atoms with Crippen LogP contribution in [0.4, 0.5) is 18.0 Å². The van der Waals surface area contributed by atoms with E-state index in [-0.39, 0.29) is 25.0 Å². The largest absolute Gasteiger partial charge is 0.481 e. The molecule has 1 saturated heterocycles. The number of halogens is 4. The number of imide groups is 1. The van der Waals surface area contributed by atoms with Crippen molar-refractivity contribution in [3.63, 3.8) is 0 Å². The summed E-state index contributed by atoms with van der Waals surface area (Å²) in [5.74, 6) is -5.92. The van der Waals surface area contributed by atoms with Gasteiger partial charge in [0.05, 0.1) is 18.4 Å². The van der Waals surface area contributed by atoms with E-state index < -0.39 is 49.0 Å². The van der Waals surface area contributed by atoms with Gasteiger partial charge in [0.2, 0.25) is 5.91 Å². The van der Waals surface area contributed by atoms with Crippen LogP contribution in [0.3, 0.4) is 0 Å². The van der Waals surface area contributed by atoms with Gasteiger partial charge in [-0.15, -0.1) is 12.4 Å². The molecule has 0 spiro atoms. The number of nitrogens with one attached hydrogen (secondary N) is 2. The number of carbonyl (C=O) groups excluding carboxylic acids is 2. The first-order valence-corrected chi connectivity index (χ1v) is 8.29. The summed E-state index contributed by atoms with van der Waals surface area (Å²) in [4.78, 5) is 35.7. The number of likely N-dealkylation sites (tertiary alicyclic amines) is 1. The van der Waals surface area contributed by atoms with E-state index in [1.54, 1.807) is 0 Å². The van der Waals surface area contributed by atoms with Gasteiger partial charge in [0, 0.05) is 19.1 Å². The molecule has 2 atom stereocenters. The normalized spacial score (nSPS) is 24.6.